The van der Waals surface area contributed by atoms with Crippen LogP contribution >= 0.6 is 0 Å². The molecule has 0 fully saturated rings. The first-order chi connectivity index (χ1) is 9.40. The molecule has 1 aromatic carbocycles. The Morgan fingerprint density at radius 2 is 2.05 bits per heavy atom. The molecule has 2 aromatic rings. The van der Waals surface area contributed by atoms with Crippen LogP contribution < -0.4 is 10.2 Å². The van der Waals surface area contributed by atoms with E-state index in [-0.39, 0.29) is 0 Å². The molecular weight excluding hydrogens is 236 g/mol. The third-order valence-corrected chi connectivity index (χ3v) is 3.49. The van der Waals surface area contributed by atoms with E-state index >= 15 is 0 Å². The fourth-order valence-electron chi connectivity index (χ4n) is 2.55. The van der Waals surface area contributed by atoms with E-state index in [9.17, 15) is 0 Å². The van der Waals surface area contributed by atoms with E-state index in [0.29, 0.717) is 0 Å². The Hall–Kier alpha value is -1.94. The van der Waals surface area contributed by atoms with Gasteiger partial charge in [0.05, 0.1) is 5.69 Å². The molecule has 0 spiro atoms. The zero-order valence-electron chi connectivity index (χ0n) is 11.1. The summed E-state index contributed by atoms with van der Waals surface area (Å²) >= 11 is 0. The lowest BCUT2D eigenvalue weighted by Crippen LogP contribution is -2.28. The fourth-order valence-corrected chi connectivity index (χ4v) is 2.55. The molecule has 0 aliphatic carbocycles. The molecule has 1 aliphatic rings. The third-order valence-electron chi connectivity index (χ3n) is 3.49. The molecule has 0 atom stereocenters. The summed E-state index contributed by atoms with van der Waals surface area (Å²) in [6.07, 6.45) is 2.67. The van der Waals surface area contributed by atoms with Crippen LogP contribution in [0.1, 0.15) is 18.2 Å². The van der Waals surface area contributed by atoms with Crippen LogP contribution in [-0.4, -0.2) is 23.1 Å². The molecule has 0 saturated carbocycles. The van der Waals surface area contributed by atoms with E-state index in [1.54, 1.807) is 6.33 Å². The largest absolute Gasteiger partial charge is 0.326 e. The van der Waals surface area contributed by atoms with E-state index < -0.39 is 0 Å². The van der Waals surface area contributed by atoms with E-state index in [0.717, 1.165) is 31.9 Å². The first-order valence-electron chi connectivity index (χ1n) is 6.76. The van der Waals surface area contributed by atoms with Crippen LogP contribution in [0.2, 0.25) is 0 Å². The van der Waals surface area contributed by atoms with Gasteiger partial charge in [-0.15, -0.1) is 0 Å². The van der Waals surface area contributed by atoms with Crippen molar-refractivity contribution in [1.29, 1.82) is 0 Å². The summed E-state index contributed by atoms with van der Waals surface area (Å²) in [7, 11) is 0. The number of anilines is 2. The lowest BCUT2D eigenvalue weighted by molar-refractivity contribution is 0.624. The third kappa shape index (κ3) is 2.31. The second-order valence-corrected chi connectivity index (χ2v) is 4.63. The standard InChI is InChI=1S/C15H18N4/c1-2-19(12-6-4-3-5-7-12)15-13-10-16-9-8-14(13)17-11-18-15/h3-7,11,16H,2,8-10H2,1H3. The molecule has 0 unspecified atom stereocenters. The monoisotopic (exact) mass is 254 g/mol. The Kier molecular flexibility index (Phi) is 3.42. The predicted octanol–water partition coefficient (Wildman–Crippen LogP) is 2.28. The van der Waals surface area contributed by atoms with Crippen LogP contribution in [0.4, 0.5) is 11.5 Å². The minimum Gasteiger partial charge on any atom is -0.326 e. The molecule has 2 heterocycles. The van der Waals surface area contributed by atoms with Crippen molar-refractivity contribution >= 4 is 11.5 Å². The second kappa shape index (κ2) is 5.36. The number of aromatic nitrogens is 2. The highest BCUT2D eigenvalue weighted by molar-refractivity contribution is 5.63. The molecule has 0 radical (unpaired) electrons. The van der Waals surface area contributed by atoms with Gasteiger partial charge in [0.1, 0.15) is 12.1 Å². The number of nitrogens with zero attached hydrogens (tertiary/aromatic N) is 3. The normalized spacial score (nSPS) is 13.9. The highest BCUT2D eigenvalue weighted by atomic mass is 15.2. The maximum Gasteiger partial charge on any atom is 0.141 e. The molecule has 1 N–H and O–H groups in total. The first kappa shape index (κ1) is 12.1. The van der Waals surface area contributed by atoms with Gasteiger partial charge in [-0.1, -0.05) is 18.2 Å². The van der Waals surface area contributed by atoms with Crippen LogP contribution in [-0.2, 0) is 13.0 Å². The van der Waals surface area contributed by atoms with Gasteiger partial charge in [0.15, 0.2) is 0 Å². The average molecular weight is 254 g/mol. The van der Waals surface area contributed by atoms with Crippen molar-refractivity contribution in [3.8, 4) is 0 Å². The van der Waals surface area contributed by atoms with E-state index in [4.69, 9.17) is 0 Å². The topological polar surface area (TPSA) is 41.1 Å². The van der Waals surface area contributed by atoms with Gasteiger partial charge >= 0.3 is 0 Å². The first-order valence-corrected chi connectivity index (χ1v) is 6.76. The van der Waals surface area contributed by atoms with Crippen molar-refractivity contribution in [3.05, 3.63) is 47.9 Å². The number of rotatable bonds is 3. The van der Waals surface area contributed by atoms with Crippen LogP contribution in [0.15, 0.2) is 36.7 Å². The number of hydrogen-bond donors (Lipinski definition) is 1. The van der Waals surface area contributed by atoms with E-state index in [1.165, 1.54) is 16.9 Å². The van der Waals surface area contributed by atoms with Gasteiger partial charge in [-0.2, -0.15) is 0 Å². The molecule has 0 amide bonds. The van der Waals surface area contributed by atoms with Gasteiger partial charge in [0, 0.05) is 37.3 Å². The molecule has 4 nitrogen and oxygen atoms in total. The lowest BCUT2D eigenvalue weighted by atomic mass is 10.1. The summed E-state index contributed by atoms with van der Waals surface area (Å²) in [5.41, 5.74) is 3.59. The summed E-state index contributed by atoms with van der Waals surface area (Å²) < 4.78 is 0. The SMILES string of the molecule is CCN(c1ccccc1)c1ncnc2c1CNCC2. The molecule has 1 aliphatic heterocycles. The maximum absolute atomic E-state index is 4.51. The van der Waals surface area contributed by atoms with E-state index in [1.807, 2.05) is 6.07 Å². The molecular formula is C15H18N4. The van der Waals surface area contributed by atoms with Crippen molar-refractivity contribution in [1.82, 2.24) is 15.3 Å². The van der Waals surface area contributed by atoms with E-state index in [2.05, 4.69) is 51.4 Å². The molecule has 0 bridgehead atoms. The number of benzene rings is 1. The van der Waals surface area contributed by atoms with Crippen LogP contribution in [0.25, 0.3) is 0 Å². The highest BCUT2D eigenvalue weighted by Gasteiger charge is 2.19. The smallest absolute Gasteiger partial charge is 0.141 e. The van der Waals surface area contributed by atoms with Gasteiger partial charge < -0.3 is 10.2 Å². The van der Waals surface area contributed by atoms with Gasteiger partial charge in [-0.25, -0.2) is 9.97 Å². The minimum atomic E-state index is 0.856. The molecule has 98 valence electrons. The Morgan fingerprint density at radius 1 is 1.21 bits per heavy atom. The van der Waals surface area contributed by atoms with Crippen molar-refractivity contribution in [2.75, 3.05) is 18.0 Å². The Labute approximate surface area is 113 Å². The summed E-state index contributed by atoms with van der Waals surface area (Å²) in [6, 6.07) is 10.4. The summed E-state index contributed by atoms with van der Waals surface area (Å²) in [5, 5.41) is 3.41. The van der Waals surface area contributed by atoms with Gasteiger partial charge in [-0.3, -0.25) is 0 Å². The van der Waals surface area contributed by atoms with Crippen LogP contribution in [0.5, 0.6) is 0 Å². The summed E-state index contributed by atoms with van der Waals surface area (Å²) in [5.74, 6) is 1.03. The van der Waals surface area contributed by atoms with Crippen molar-refractivity contribution in [2.45, 2.75) is 19.9 Å². The highest BCUT2D eigenvalue weighted by Crippen LogP contribution is 2.28. The van der Waals surface area contributed by atoms with Crippen LogP contribution in [0.3, 0.4) is 0 Å². The maximum atomic E-state index is 4.51. The zero-order chi connectivity index (χ0) is 13.1. The molecule has 19 heavy (non-hydrogen) atoms. The molecule has 4 heteroatoms. The number of para-hydroxylation sites is 1. The number of hydrogen-bond acceptors (Lipinski definition) is 4. The quantitative estimate of drug-likeness (QED) is 0.912. The van der Waals surface area contributed by atoms with Crippen molar-refractivity contribution < 1.29 is 0 Å². The fraction of sp³-hybridized carbons (Fsp3) is 0.333. The lowest BCUT2D eigenvalue weighted by Gasteiger charge is -2.27. The Morgan fingerprint density at radius 3 is 2.84 bits per heavy atom. The van der Waals surface area contributed by atoms with Crippen molar-refractivity contribution in [2.24, 2.45) is 0 Å². The van der Waals surface area contributed by atoms with Crippen molar-refractivity contribution in [3.63, 3.8) is 0 Å². The molecule has 1 aromatic heterocycles. The Balaban J connectivity index is 2.05. The molecule has 0 saturated heterocycles. The number of fused-ring (bicyclic) bond motifs is 1. The van der Waals surface area contributed by atoms with Gasteiger partial charge in [0.2, 0.25) is 0 Å². The summed E-state index contributed by atoms with van der Waals surface area (Å²) in [4.78, 5) is 11.2. The minimum absolute atomic E-state index is 0.856. The summed E-state index contributed by atoms with van der Waals surface area (Å²) in [6.45, 7) is 4.90. The zero-order valence-corrected chi connectivity index (χ0v) is 11.1. The number of nitrogens with one attached hydrogen (secondary N) is 1. The van der Waals surface area contributed by atoms with Gasteiger partial charge in [0.25, 0.3) is 0 Å². The second-order valence-electron chi connectivity index (χ2n) is 4.63. The van der Waals surface area contributed by atoms with Gasteiger partial charge in [-0.05, 0) is 19.1 Å². The predicted molar refractivity (Wildman–Crippen MR) is 76.6 cm³/mol. The Bertz CT molecular complexity index is 553. The van der Waals surface area contributed by atoms with Crippen LogP contribution in [0, 0.1) is 0 Å². The average Bonchev–Trinajstić information content (AvgIpc) is 2.49. The molecule has 3 rings (SSSR count).